The molecule has 1 N–H and O–H groups in total. The lowest BCUT2D eigenvalue weighted by Crippen LogP contribution is -2.49. The minimum Gasteiger partial charge on any atom is -0.385 e. The van der Waals surface area contributed by atoms with Crippen LogP contribution in [0, 0.1) is 5.82 Å². The zero-order valence-electron chi connectivity index (χ0n) is 14.5. The predicted molar refractivity (Wildman–Crippen MR) is 93.3 cm³/mol. The van der Waals surface area contributed by atoms with E-state index in [1.54, 1.807) is 12.1 Å². The lowest BCUT2D eigenvalue weighted by atomic mass is 9.80. The van der Waals surface area contributed by atoms with Gasteiger partial charge in [0.25, 0.3) is 0 Å². The van der Waals surface area contributed by atoms with Crippen LogP contribution < -0.4 is 0 Å². The van der Waals surface area contributed by atoms with Crippen molar-refractivity contribution < 1.29 is 9.50 Å². The largest absolute Gasteiger partial charge is 0.385 e. The molecule has 2 fully saturated rings. The van der Waals surface area contributed by atoms with Gasteiger partial charge in [0, 0.05) is 43.0 Å². The topological polar surface area (TPSA) is 49.2 Å². The second kappa shape index (κ2) is 6.46. The molecule has 132 valence electrons. The molecule has 2 aromatic rings. The van der Waals surface area contributed by atoms with Gasteiger partial charge in [0.1, 0.15) is 11.6 Å². The van der Waals surface area contributed by atoms with Crippen LogP contribution in [0.15, 0.2) is 36.7 Å². The van der Waals surface area contributed by atoms with E-state index in [2.05, 4.69) is 21.8 Å². The van der Waals surface area contributed by atoms with Crippen LogP contribution in [0.4, 0.5) is 4.39 Å². The fourth-order valence-corrected chi connectivity index (χ4v) is 4.43. The van der Waals surface area contributed by atoms with Crippen LogP contribution in [0.1, 0.15) is 49.6 Å². The van der Waals surface area contributed by atoms with Crippen LogP contribution in [0.3, 0.4) is 0 Å². The molecule has 4 rings (SSSR count). The molecule has 0 amide bonds. The summed E-state index contributed by atoms with van der Waals surface area (Å²) in [6.07, 6.45) is 8.29. The SMILES string of the molecule is CCc1ncc(CN2[C@H]3CC[C@H]2CC(O)(c2ccc(F)cc2)C3)cn1. The number of rotatable bonds is 4. The van der Waals surface area contributed by atoms with Gasteiger partial charge in [-0.2, -0.15) is 0 Å². The molecular formula is C20H24FN3O. The van der Waals surface area contributed by atoms with Crippen LogP contribution in [0.25, 0.3) is 0 Å². The molecule has 1 aromatic heterocycles. The van der Waals surface area contributed by atoms with Crippen molar-refractivity contribution in [3.63, 3.8) is 0 Å². The van der Waals surface area contributed by atoms with Gasteiger partial charge < -0.3 is 5.11 Å². The van der Waals surface area contributed by atoms with Gasteiger partial charge in [-0.05, 0) is 43.4 Å². The molecule has 5 heteroatoms. The lowest BCUT2D eigenvalue weighted by molar-refractivity contribution is -0.0595. The monoisotopic (exact) mass is 341 g/mol. The summed E-state index contributed by atoms with van der Waals surface area (Å²) < 4.78 is 13.2. The maximum absolute atomic E-state index is 13.2. The zero-order valence-corrected chi connectivity index (χ0v) is 14.5. The Morgan fingerprint density at radius 3 is 2.28 bits per heavy atom. The highest BCUT2D eigenvalue weighted by atomic mass is 19.1. The van der Waals surface area contributed by atoms with E-state index < -0.39 is 5.60 Å². The predicted octanol–water partition coefficient (Wildman–Crippen LogP) is 3.19. The number of hydrogen-bond acceptors (Lipinski definition) is 4. The second-order valence-electron chi connectivity index (χ2n) is 7.37. The van der Waals surface area contributed by atoms with Crippen molar-refractivity contribution in [3.8, 4) is 0 Å². The number of halogens is 1. The Morgan fingerprint density at radius 2 is 1.72 bits per heavy atom. The van der Waals surface area contributed by atoms with Gasteiger partial charge in [0.15, 0.2) is 0 Å². The van der Waals surface area contributed by atoms with Crippen LogP contribution in [0.2, 0.25) is 0 Å². The van der Waals surface area contributed by atoms with Crippen molar-refractivity contribution in [1.82, 2.24) is 14.9 Å². The third kappa shape index (κ3) is 3.18. The minimum absolute atomic E-state index is 0.261. The van der Waals surface area contributed by atoms with Crippen molar-refractivity contribution in [2.24, 2.45) is 0 Å². The summed E-state index contributed by atoms with van der Waals surface area (Å²) in [4.78, 5) is 11.3. The number of piperidine rings is 1. The quantitative estimate of drug-likeness (QED) is 0.928. The third-order valence-electron chi connectivity index (χ3n) is 5.74. The van der Waals surface area contributed by atoms with Gasteiger partial charge in [-0.25, -0.2) is 14.4 Å². The summed E-state index contributed by atoms with van der Waals surface area (Å²) in [6.45, 7) is 2.88. The van der Waals surface area contributed by atoms with Crippen LogP contribution >= 0.6 is 0 Å². The number of fused-ring (bicyclic) bond motifs is 2. The summed E-state index contributed by atoms with van der Waals surface area (Å²) in [5.41, 5.74) is 1.11. The molecule has 2 aliphatic rings. The van der Waals surface area contributed by atoms with E-state index in [1.165, 1.54) is 12.1 Å². The molecule has 0 saturated carbocycles. The average molecular weight is 341 g/mol. The first-order chi connectivity index (χ1) is 12.1. The van der Waals surface area contributed by atoms with Crippen molar-refractivity contribution >= 4 is 0 Å². The first kappa shape index (κ1) is 16.6. The molecule has 0 radical (unpaired) electrons. The average Bonchev–Trinajstić information content (AvgIpc) is 2.87. The number of nitrogens with zero attached hydrogens (tertiary/aromatic N) is 3. The molecule has 2 bridgehead atoms. The number of benzene rings is 1. The summed E-state index contributed by atoms with van der Waals surface area (Å²) in [6, 6.07) is 7.02. The smallest absolute Gasteiger partial charge is 0.127 e. The highest BCUT2D eigenvalue weighted by Crippen LogP contribution is 2.46. The van der Waals surface area contributed by atoms with Crippen LogP contribution in [0.5, 0.6) is 0 Å². The molecule has 3 heterocycles. The molecule has 1 aromatic carbocycles. The maximum Gasteiger partial charge on any atom is 0.127 e. The molecule has 2 aliphatic heterocycles. The number of hydrogen-bond donors (Lipinski definition) is 1. The first-order valence-electron chi connectivity index (χ1n) is 9.11. The minimum atomic E-state index is -0.849. The summed E-state index contributed by atoms with van der Waals surface area (Å²) >= 11 is 0. The van der Waals surface area contributed by atoms with E-state index in [1.807, 2.05) is 12.4 Å². The lowest BCUT2D eigenvalue weighted by Gasteiger charge is -2.44. The van der Waals surface area contributed by atoms with Gasteiger partial charge in [0.2, 0.25) is 0 Å². The Morgan fingerprint density at radius 1 is 1.12 bits per heavy atom. The summed E-state index contributed by atoms with van der Waals surface area (Å²) in [7, 11) is 0. The summed E-state index contributed by atoms with van der Waals surface area (Å²) in [5, 5.41) is 11.2. The maximum atomic E-state index is 13.2. The molecule has 2 atom stereocenters. The van der Waals surface area contributed by atoms with Crippen molar-refractivity contribution in [2.75, 3.05) is 0 Å². The number of aryl methyl sites for hydroxylation is 1. The van der Waals surface area contributed by atoms with E-state index in [9.17, 15) is 9.50 Å². The molecule has 4 nitrogen and oxygen atoms in total. The van der Waals surface area contributed by atoms with Crippen LogP contribution in [-0.2, 0) is 18.6 Å². The van der Waals surface area contributed by atoms with E-state index in [4.69, 9.17) is 0 Å². The Bertz CT molecular complexity index is 718. The van der Waals surface area contributed by atoms with Crippen molar-refractivity contribution in [3.05, 3.63) is 59.4 Å². The van der Waals surface area contributed by atoms with Crippen LogP contribution in [-0.4, -0.2) is 32.1 Å². The van der Waals surface area contributed by atoms with E-state index in [-0.39, 0.29) is 5.82 Å². The second-order valence-corrected chi connectivity index (χ2v) is 7.37. The van der Waals surface area contributed by atoms with Crippen molar-refractivity contribution in [2.45, 2.75) is 63.3 Å². The Hall–Kier alpha value is -1.85. The Kier molecular flexibility index (Phi) is 4.29. The molecule has 0 aliphatic carbocycles. The standard InChI is InChI=1S/C20H24FN3O/c1-2-19-22-11-14(12-23-19)13-24-17-7-8-18(24)10-20(25,9-17)15-3-5-16(21)6-4-15/h3-6,11-12,17-18,25H,2,7-10,13H2,1H3/t17-,18-/m0/s1. The molecular weight excluding hydrogens is 317 g/mol. The van der Waals surface area contributed by atoms with Gasteiger partial charge in [-0.3, -0.25) is 4.90 Å². The van der Waals surface area contributed by atoms with Gasteiger partial charge >= 0.3 is 0 Å². The van der Waals surface area contributed by atoms with E-state index >= 15 is 0 Å². The number of aromatic nitrogens is 2. The summed E-state index contributed by atoms with van der Waals surface area (Å²) in [5.74, 6) is 0.610. The molecule has 0 unspecified atom stereocenters. The van der Waals surface area contributed by atoms with Gasteiger partial charge in [-0.1, -0.05) is 19.1 Å². The first-order valence-corrected chi connectivity index (χ1v) is 9.11. The fourth-order valence-electron chi connectivity index (χ4n) is 4.43. The number of aliphatic hydroxyl groups is 1. The van der Waals surface area contributed by atoms with E-state index in [0.29, 0.717) is 24.9 Å². The molecule has 25 heavy (non-hydrogen) atoms. The Balaban J connectivity index is 1.50. The highest BCUT2D eigenvalue weighted by Gasteiger charge is 2.48. The van der Waals surface area contributed by atoms with Gasteiger partial charge in [0.05, 0.1) is 5.60 Å². The van der Waals surface area contributed by atoms with E-state index in [0.717, 1.165) is 42.8 Å². The molecule has 2 saturated heterocycles. The zero-order chi connectivity index (χ0) is 17.4. The normalized spacial score (nSPS) is 29.1. The molecule has 0 spiro atoms. The van der Waals surface area contributed by atoms with Gasteiger partial charge in [-0.15, -0.1) is 0 Å². The third-order valence-corrected chi connectivity index (χ3v) is 5.74. The Labute approximate surface area is 147 Å². The highest BCUT2D eigenvalue weighted by molar-refractivity contribution is 5.26. The van der Waals surface area contributed by atoms with Crippen molar-refractivity contribution in [1.29, 1.82) is 0 Å². The fraction of sp³-hybridized carbons (Fsp3) is 0.500.